The number of fused-ring (bicyclic) bond motifs is 1. The third-order valence-electron chi connectivity index (χ3n) is 4.63. The van der Waals surface area contributed by atoms with Gasteiger partial charge in [0.1, 0.15) is 0 Å². The minimum atomic E-state index is -0.794. The SMILES string of the molecule is CCc1ccc2c(-c3cccc(Cl)c3)c(CCCC(=O)O)c(COC)nn12. The van der Waals surface area contributed by atoms with Gasteiger partial charge < -0.3 is 9.84 Å². The number of carboxylic acids is 1. The van der Waals surface area contributed by atoms with E-state index >= 15 is 0 Å². The highest BCUT2D eigenvalue weighted by atomic mass is 35.5. The molecule has 5 nitrogen and oxygen atoms in total. The van der Waals surface area contributed by atoms with Gasteiger partial charge in [0.05, 0.1) is 17.8 Å². The van der Waals surface area contributed by atoms with Crippen molar-refractivity contribution in [2.24, 2.45) is 0 Å². The largest absolute Gasteiger partial charge is 0.481 e. The van der Waals surface area contributed by atoms with Gasteiger partial charge in [-0.25, -0.2) is 4.52 Å². The van der Waals surface area contributed by atoms with Gasteiger partial charge in [0.2, 0.25) is 0 Å². The Balaban J connectivity index is 2.25. The van der Waals surface area contributed by atoms with Crippen molar-refractivity contribution in [2.75, 3.05) is 7.11 Å². The Kier molecular flexibility index (Phi) is 6.14. The summed E-state index contributed by atoms with van der Waals surface area (Å²) in [6, 6.07) is 11.9. The first kappa shape index (κ1) is 19.4. The highest BCUT2D eigenvalue weighted by molar-refractivity contribution is 6.30. The van der Waals surface area contributed by atoms with Crippen LogP contribution in [-0.2, 0) is 29.0 Å². The number of halogens is 1. The Bertz CT molecular complexity index is 965. The average Bonchev–Trinajstić information content (AvgIpc) is 3.04. The molecule has 0 bridgehead atoms. The van der Waals surface area contributed by atoms with Gasteiger partial charge in [-0.2, -0.15) is 5.10 Å². The smallest absolute Gasteiger partial charge is 0.303 e. The van der Waals surface area contributed by atoms with E-state index in [0.29, 0.717) is 24.5 Å². The lowest BCUT2D eigenvalue weighted by Gasteiger charge is -2.17. The summed E-state index contributed by atoms with van der Waals surface area (Å²) >= 11 is 6.25. The minimum absolute atomic E-state index is 0.119. The fraction of sp³-hybridized carbons (Fsp3) is 0.333. The molecule has 2 heterocycles. The summed E-state index contributed by atoms with van der Waals surface area (Å²) < 4.78 is 7.35. The van der Waals surface area contributed by atoms with Gasteiger partial charge in [0.15, 0.2) is 0 Å². The molecule has 142 valence electrons. The van der Waals surface area contributed by atoms with Crippen molar-refractivity contribution in [1.82, 2.24) is 9.61 Å². The molecule has 1 aromatic carbocycles. The Morgan fingerprint density at radius 2 is 2.11 bits per heavy atom. The van der Waals surface area contributed by atoms with Crippen molar-refractivity contribution in [3.8, 4) is 11.1 Å². The monoisotopic (exact) mass is 386 g/mol. The molecule has 0 unspecified atom stereocenters. The van der Waals surface area contributed by atoms with Crippen LogP contribution in [-0.4, -0.2) is 27.8 Å². The second-order valence-electron chi connectivity index (χ2n) is 6.47. The number of carboxylic acid groups (broad SMARTS) is 1. The van der Waals surface area contributed by atoms with Crippen LogP contribution in [0.5, 0.6) is 0 Å². The second kappa shape index (κ2) is 8.55. The first-order valence-electron chi connectivity index (χ1n) is 9.04. The van der Waals surface area contributed by atoms with Gasteiger partial charge in [-0.15, -0.1) is 0 Å². The summed E-state index contributed by atoms with van der Waals surface area (Å²) in [5, 5.41) is 14.5. The summed E-state index contributed by atoms with van der Waals surface area (Å²) in [5.74, 6) is -0.794. The standard InChI is InChI=1S/C21H23ClN2O3/c1-3-16-10-11-19-21(14-6-4-7-15(22)12-14)17(8-5-9-20(25)26)18(13-27-2)23-24(16)19/h4,6-7,10-12H,3,5,8-9,13H2,1-2H3,(H,25,26). The molecule has 6 heteroatoms. The average molecular weight is 387 g/mol. The predicted molar refractivity (Wildman–Crippen MR) is 106 cm³/mol. The molecule has 1 N–H and O–H groups in total. The lowest BCUT2D eigenvalue weighted by Crippen LogP contribution is -2.10. The number of carbonyl (C=O) groups is 1. The number of aliphatic carboxylic acids is 1. The molecule has 0 aliphatic carbocycles. The number of ether oxygens (including phenoxy) is 1. The van der Waals surface area contributed by atoms with Crippen LogP contribution in [0.3, 0.4) is 0 Å². The maximum absolute atomic E-state index is 11.0. The third kappa shape index (κ3) is 4.15. The molecule has 0 spiro atoms. The molecule has 27 heavy (non-hydrogen) atoms. The first-order valence-corrected chi connectivity index (χ1v) is 9.42. The van der Waals surface area contributed by atoms with Crippen molar-refractivity contribution >= 4 is 23.1 Å². The fourth-order valence-corrected chi connectivity index (χ4v) is 3.62. The zero-order chi connectivity index (χ0) is 19.4. The van der Waals surface area contributed by atoms with Crippen molar-refractivity contribution in [3.05, 3.63) is 58.4 Å². The molecule has 0 radical (unpaired) electrons. The van der Waals surface area contributed by atoms with Crippen LogP contribution in [0.15, 0.2) is 36.4 Å². The molecule has 0 saturated heterocycles. The molecule has 0 fully saturated rings. The van der Waals surface area contributed by atoms with Crippen LogP contribution in [0.1, 0.15) is 36.7 Å². The van der Waals surface area contributed by atoms with E-state index in [0.717, 1.165) is 40.0 Å². The van der Waals surface area contributed by atoms with E-state index in [1.54, 1.807) is 7.11 Å². The number of methoxy groups -OCH3 is 1. The molecule has 0 saturated carbocycles. The highest BCUT2D eigenvalue weighted by Gasteiger charge is 2.19. The highest BCUT2D eigenvalue weighted by Crippen LogP contribution is 2.34. The quantitative estimate of drug-likeness (QED) is 0.605. The van der Waals surface area contributed by atoms with Gasteiger partial charge in [0.25, 0.3) is 0 Å². The van der Waals surface area contributed by atoms with Gasteiger partial charge in [0, 0.05) is 29.8 Å². The molecule has 3 rings (SSSR count). The minimum Gasteiger partial charge on any atom is -0.481 e. The molecular formula is C21H23ClN2O3. The summed E-state index contributed by atoms with van der Waals surface area (Å²) in [5.41, 5.74) is 6.01. The normalized spacial score (nSPS) is 11.2. The number of benzene rings is 1. The first-order chi connectivity index (χ1) is 13.0. The topological polar surface area (TPSA) is 63.8 Å². The molecule has 2 aromatic heterocycles. The van der Waals surface area contributed by atoms with Crippen molar-refractivity contribution in [1.29, 1.82) is 0 Å². The number of aryl methyl sites for hydroxylation is 1. The predicted octanol–water partition coefficient (Wildman–Crippen LogP) is 4.77. The van der Waals surface area contributed by atoms with E-state index < -0.39 is 5.97 Å². The maximum atomic E-state index is 11.0. The molecule has 3 aromatic rings. The summed E-state index contributed by atoms with van der Waals surface area (Å²) in [6.07, 6.45) is 2.14. The van der Waals surface area contributed by atoms with Crippen molar-refractivity contribution < 1.29 is 14.6 Å². The van der Waals surface area contributed by atoms with Crippen LogP contribution in [0.25, 0.3) is 16.6 Å². The molecule has 0 atom stereocenters. The summed E-state index contributed by atoms with van der Waals surface area (Å²) in [7, 11) is 1.64. The molecule has 0 amide bonds. The van der Waals surface area contributed by atoms with E-state index in [1.807, 2.05) is 28.8 Å². The molecule has 0 aliphatic heterocycles. The number of nitrogens with zero attached hydrogens (tertiary/aromatic N) is 2. The summed E-state index contributed by atoms with van der Waals surface area (Å²) in [6.45, 7) is 2.46. The number of hydrogen-bond acceptors (Lipinski definition) is 3. The second-order valence-corrected chi connectivity index (χ2v) is 6.90. The van der Waals surface area contributed by atoms with Crippen LogP contribution in [0.2, 0.25) is 5.02 Å². The third-order valence-corrected chi connectivity index (χ3v) is 4.87. The summed E-state index contributed by atoms with van der Waals surface area (Å²) in [4.78, 5) is 11.0. The van der Waals surface area contributed by atoms with Crippen LogP contribution in [0, 0.1) is 0 Å². The lowest BCUT2D eigenvalue weighted by molar-refractivity contribution is -0.137. The van der Waals surface area contributed by atoms with Gasteiger partial charge in [-0.1, -0.05) is 30.7 Å². The molecular weight excluding hydrogens is 364 g/mol. The Labute approximate surface area is 163 Å². The number of aromatic nitrogens is 2. The van der Waals surface area contributed by atoms with Crippen LogP contribution < -0.4 is 0 Å². The number of rotatable bonds is 8. The zero-order valence-corrected chi connectivity index (χ0v) is 16.3. The van der Waals surface area contributed by atoms with Crippen LogP contribution >= 0.6 is 11.6 Å². The van der Waals surface area contributed by atoms with E-state index in [4.69, 9.17) is 26.5 Å². The van der Waals surface area contributed by atoms with E-state index in [2.05, 4.69) is 19.1 Å². The van der Waals surface area contributed by atoms with Crippen LogP contribution in [0.4, 0.5) is 0 Å². The van der Waals surface area contributed by atoms with E-state index in [9.17, 15) is 4.79 Å². The van der Waals surface area contributed by atoms with Crippen molar-refractivity contribution in [3.63, 3.8) is 0 Å². The lowest BCUT2D eigenvalue weighted by atomic mass is 9.94. The number of hydrogen-bond donors (Lipinski definition) is 1. The van der Waals surface area contributed by atoms with Crippen molar-refractivity contribution in [2.45, 2.75) is 39.2 Å². The van der Waals surface area contributed by atoms with Gasteiger partial charge in [-0.05, 0) is 54.7 Å². The Hall–Kier alpha value is -2.37. The Morgan fingerprint density at radius 3 is 2.78 bits per heavy atom. The fourth-order valence-electron chi connectivity index (χ4n) is 3.43. The molecule has 0 aliphatic rings. The van der Waals surface area contributed by atoms with Gasteiger partial charge in [-0.3, -0.25) is 4.79 Å². The Morgan fingerprint density at radius 1 is 1.30 bits per heavy atom. The maximum Gasteiger partial charge on any atom is 0.303 e. The zero-order valence-electron chi connectivity index (χ0n) is 15.5. The van der Waals surface area contributed by atoms with Gasteiger partial charge >= 0.3 is 5.97 Å². The van der Waals surface area contributed by atoms with E-state index in [-0.39, 0.29) is 6.42 Å². The van der Waals surface area contributed by atoms with E-state index in [1.165, 1.54) is 0 Å².